The molecule has 2 bridgehead atoms. The highest BCUT2D eigenvalue weighted by Gasteiger charge is 2.61. The van der Waals surface area contributed by atoms with Crippen LogP contribution >= 0.6 is 0 Å². The van der Waals surface area contributed by atoms with Gasteiger partial charge in [-0.3, -0.25) is 9.59 Å². The van der Waals surface area contributed by atoms with Gasteiger partial charge in [0.1, 0.15) is 17.0 Å². The molecule has 0 unspecified atom stereocenters. The smallest absolute Gasteiger partial charge is 0.311 e. The van der Waals surface area contributed by atoms with Gasteiger partial charge in [0, 0.05) is 17.6 Å². The molecule has 1 amide bonds. The topological polar surface area (TPSA) is 83.6 Å². The molecule has 1 aromatic carbocycles. The molecule has 0 saturated carbocycles. The SMILES string of the molecule is CC[C@@]1(C(=O)O)C[C@@H]2CC[C@H]1N2C(=O)c1c(-c2ccccc2)noc1C. The second-order valence-electron chi connectivity index (χ2n) is 7.31. The number of nitrogens with zero attached hydrogens (tertiary/aromatic N) is 2. The zero-order valence-electron chi connectivity index (χ0n) is 14.9. The molecule has 3 heterocycles. The van der Waals surface area contributed by atoms with E-state index in [0.717, 1.165) is 18.4 Å². The number of fused-ring (bicyclic) bond motifs is 2. The lowest BCUT2D eigenvalue weighted by Crippen LogP contribution is -2.44. The Morgan fingerprint density at radius 2 is 2.04 bits per heavy atom. The lowest BCUT2D eigenvalue weighted by Gasteiger charge is -2.32. The largest absolute Gasteiger partial charge is 0.481 e. The average Bonchev–Trinajstić information content (AvgIpc) is 3.33. The predicted octanol–water partition coefficient (Wildman–Crippen LogP) is 3.51. The standard InChI is InChI=1S/C20H22N2O4/c1-3-20(19(24)25)11-14-9-10-15(20)22(14)18(23)16-12(2)26-21-17(16)13-7-5-4-6-8-13/h4-8,14-15H,3,9-11H2,1-2H3,(H,24,25)/t14-,15+,20+/m0/s1. The van der Waals surface area contributed by atoms with Gasteiger partial charge < -0.3 is 14.5 Å². The molecule has 0 aliphatic carbocycles. The van der Waals surface area contributed by atoms with Gasteiger partial charge in [-0.05, 0) is 32.6 Å². The van der Waals surface area contributed by atoms with Gasteiger partial charge in [0.25, 0.3) is 5.91 Å². The van der Waals surface area contributed by atoms with Crippen LogP contribution in [0.25, 0.3) is 11.3 Å². The summed E-state index contributed by atoms with van der Waals surface area (Å²) in [7, 11) is 0. The first-order valence-corrected chi connectivity index (χ1v) is 9.07. The molecule has 2 aromatic rings. The Balaban J connectivity index is 1.74. The van der Waals surface area contributed by atoms with Gasteiger partial charge in [0.05, 0.1) is 5.41 Å². The van der Waals surface area contributed by atoms with Gasteiger partial charge in [-0.2, -0.15) is 0 Å². The van der Waals surface area contributed by atoms with E-state index in [4.69, 9.17) is 4.52 Å². The second kappa shape index (κ2) is 5.97. The summed E-state index contributed by atoms with van der Waals surface area (Å²) in [4.78, 5) is 27.2. The molecule has 2 saturated heterocycles. The monoisotopic (exact) mass is 354 g/mol. The second-order valence-corrected chi connectivity index (χ2v) is 7.31. The molecule has 1 N–H and O–H groups in total. The molecule has 136 valence electrons. The Hall–Kier alpha value is -2.63. The number of amides is 1. The van der Waals surface area contributed by atoms with Crippen LogP contribution in [-0.2, 0) is 4.79 Å². The zero-order chi connectivity index (χ0) is 18.5. The summed E-state index contributed by atoms with van der Waals surface area (Å²) in [5.41, 5.74) is 0.956. The van der Waals surface area contributed by atoms with E-state index in [1.54, 1.807) is 11.8 Å². The van der Waals surface area contributed by atoms with Crippen molar-refractivity contribution in [2.45, 2.75) is 51.6 Å². The maximum absolute atomic E-state index is 13.4. The summed E-state index contributed by atoms with van der Waals surface area (Å²) < 4.78 is 5.33. The van der Waals surface area contributed by atoms with Crippen molar-refractivity contribution < 1.29 is 19.2 Å². The number of hydrogen-bond acceptors (Lipinski definition) is 4. The van der Waals surface area contributed by atoms with E-state index in [0.29, 0.717) is 29.9 Å². The van der Waals surface area contributed by atoms with E-state index in [-0.39, 0.29) is 18.0 Å². The van der Waals surface area contributed by atoms with Crippen molar-refractivity contribution in [1.82, 2.24) is 10.1 Å². The Bertz CT molecular complexity index is 860. The molecule has 2 aliphatic heterocycles. The minimum absolute atomic E-state index is 0.0264. The molecule has 0 spiro atoms. The lowest BCUT2D eigenvalue weighted by atomic mass is 9.72. The third kappa shape index (κ3) is 2.21. The number of carbonyl (C=O) groups excluding carboxylic acids is 1. The Morgan fingerprint density at radius 3 is 2.65 bits per heavy atom. The maximum atomic E-state index is 13.4. The van der Waals surface area contributed by atoms with Crippen LogP contribution in [0.5, 0.6) is 0 Å². The highest BCUT2D eigenvalue weighted by molar-refractivity contribution is 6.02. The quantitative estimate of drug-likeness (QED) is 0.908. The van der Waals surface area contributed by atoms with Crippen LogP contribution < -0.4 is 0 Å². The highest BCUT2D eigenvalue weighted by atomic mass is 16.5. The predicted molar refractivity (Wildman–Crippen MR) is 94.6 cm³/mol. The summed E-state index contributed by atoms with van der Waals surface area (Å²) in [6, 6.07) is 9.17. The molecule has 3 atom stereocenters. The Labute approximate surface area is 151 Å². The summed E-state index contributed by atoms with van der Waals surface area (Å²) in [5.74, 6) is -0.487. The first kappa shape index (κ1) is 16.8. The van der Waals surface area contributed by atoms with Crippen molar-refractivity contribution in [1.29, 1.82) is 0 Å². The highest BCUT2D eigenvalue weighted by Crippen LogP contribution is 2.52. The first-order valence-electron chi connectivity index (χ1n) is 9.07. The van der Waals surface area contributed by atoms with Gasteiger partial charge in [-0.1, -0.05) is 42.4 Å². The number of hydrogen-bond donors (Lipinski definition) is 1. The van der Waals surface area contributed by atoms with Gasteiger partial charge in [0.15, 0.2) is 0 Å². The third-order valence-electron chi connectivity index (χ3n) is 6.16. The van der Waals surface area contributed by atoms with E-state index < -0.39 is 11.4 Å². The Morgan fingerprint density at radius 1 is 1.31 bits per heavy atom. The summed E-state index contributed by atoms with van der Waals surface area (Å²) in [6.45, 7) is 3.63. The van der Waals surface area contributed by atoms with Crippen LogP contribution in [0.1, 0.15) is 48.7 Å². The van der Waals surface area contributed by atoms with Crippen LogP contribution in [0.2, 0.25) is 0 Å². The number of aryl methyl sites for hydroxylation is 1. The van der Waals surface area contributed by atoms with Crippen molar-refractivity contribution in [3.05, 3.63) is 41.7 Å². The minimum atomic E-state index is -0.837. The minimum Gasteiger partial charge on any atom is -0.481 e. The Kier molecular flexibility index (Phi) is 3.86. The van der Waals surface area contributed by atoms with Crippen molar-refractivity contribution in [3.8, 4) is 11.3 Å². The van der Waals surface area contributed by atoms with Crippen molar-refractivity contribution in [2.75, 3.05) is 0 Å². The number of carboxylic acids is 1. The first-order chi connectivity index (χ1) is 12.5. The van der Waals surface area contributed by atoms with Gasteiger partial charge in [-0.25, -0.2) is 0 Å². The summed E-state index contributed by atoms with van der Waals surface area (Å²) >= 11 is 0. The lowest BCUT2D eigenvalue weighted by molar-refractivity contribution is -0.151. The fraction of sp³-hybridized carbons (Fsp3) is 0.450. The van der Waals surface area contributed by atoms with Crippen LogP contribution in [0.15, 0.2) is 34.9 Å². The molecule has 0 radical (unpaired) electrons. The van der Waals surface area contributed by atoms with Crippen molar-refractivity contribution in [2.24, 2.45) is 5.41 Å². The summed E-state index contributed by atoms with van der Waals surface area (Å²) in [5, 5.41) is 13.9. The van der Waals surface area contributed by atoms with Crippen LogP contribution in [-0.4, -0.2) is 39.1 Å². The third-order valence-corrected chi connectivity index (χ3v) is 6.16. The van der Waals surface area contributed by atoms with Crippen molar-refractivity contribution in [3.63, 3.8) is 0 Å². The fourth-order valence-electron chi connectivity index (χ4n) is 4.80. The van der Waals surface area contributed by atoms with E-state index in [1.807, 2.05) is 37.3 Å². The van der Waals surface area contributed by atoms with Crippen LogP contribution in [0.3, 0.4) is 0 Å². The van der Waals surface area contributed by atoms with E-state index in [1.165, 1.54) is 0 Å². The number of carbonyl (C=O) groups is 2. The van der Waals surface area contributed by atoms with Gasteiger partial charge in [0.2, 0.25) is 0 Å². The van der Waals surface area contributed by atoms with Crippen LogP contribution in [0, 0.1) is 12.3 Å². The molecule has 6 heteroatoms. The van der Waals surface area contributed by atoms with Crippen LogP contribution in [0.4, 0.5) is 0 Å². The number of aliphatic carboxylic acids is 1. The summed E-state index contributed by atoms with van der Waals surface area (Å²) in [6.07, 6.45) is 2.65. The van der Waals surface area contributed by atoms with E-state index in [9.17, 15) is 14.7 Å². The fourth-order valence-corrected chi connectivity index (χ4v) is 4.80. The molecular weight excluding hydrogens is 332 g/mol. The average molecular weight is 354 g/mol. The zero-order valence-corrected chi connectivity index (χ0v) is 14.9. The molecule has 6 nitrogen and oxygen atoms in total. The number of carboxylic acid groups (broad SMARTS) is 1. The van der Waals surface area contributed by atoms with E-state index >= 15 is 0 Å². The molecular formula is C20H22N2O4. The molecule has 4 rings (SSSR count). The van der Waals surface area contributed by atoms with E-state index in [2.05, 4.69) is 5.16 Å². The number of benzene rings is 1. The normalized spacial score (nSPS) is 27.1. The maximum Gasteiger partial charge on any atom is 0.311 e. The molecule has 26 heavy (non-hydrogen) atoms. The van der Waals surface area contributed by atoms with Gasteiger partial charge in [-0.15, -0.1) is 0 Å². The van der Waals surface area contributed by atoms with Crippen molar-refractivity contribution >= 4 is 11.9 Å². The van der Waals surface area contributed by atoms with Gasteiger partial charge >= 0.3 is 5.97 Å². The molecule has 1 aromatic heterocycles. The molecule has 2 fully saturated rings. The number of aromatic nitrogens is 1. The molecule has 2 aliphatic rings. The number of rotatable bonds is 4.